The van der Waals surface area contributed by atoms with E-state index in [1.54, 1.807) is 33.1 Å². The zero-order chi connectivity index (χ0) is 26.3. The van der Waals surface area contributed by atoms with E-state index < -0.39 is 11.4 Å². The fraction of sp³-hybridized carbons (Fsp3) is 0.552. The molecule has 1 heterocycles. The van der Waals surface area contributed by atoms with Gasteiger partial charge in [-0.1, -0.05) is 18.2 Å². The first-order valence-corrected chi connectivity index (χ1v) is 12.9. The van der Waals surface area contributed by atoms with Crippen molar-refractivity contribution in [3.05, 3.63) is 53.3 Å². The number of carbonyl (C=O) groups excluding carboxylic acids is 1. The second-order valence-corrected chi connectivity index (χ2v) is 10.4. The molecule has 1 aliphatic rings. The average molecular weight is 537 g/mol. The summed E-state index contributed by atoms with van der Waals surface area (Å²) < 4.78 is 26.2. The number of hydrogen-bond donors (Lipinski definition) is 2. The van der Waals surface area contributed by atoms with Crippen molar-refractivity contribution < 1.29 is 23.8 Å². The third-order valence-electron chi connectivity index (χ3n) is 6.62. The minimum absolute atomic E-state index is 0. The minimum atomic E-state index is -1.11. The van der Waals surface area contributed by atoms with Crippen LogP contribution in [0.3, 0.4) is 0 Å². The largest absolute Gasteiger partial charge is 0.493 e. The fourth-order valence-electron chi connectivity index (χ4n) is 4.77. The topological polar surface area (TPSA) is 71.0 Å². The number of methoxy groups -OCH3 is 1. The summed E-state index contributed by atoms with van der Waals surface area (Å²) >= 11 is 0. The summed E-state index contributed by atoms with van der Waals surface area (Å²) in [5.41, 5.74) is 1.26. The van der Waals surface area contributed by atoms with E-state index in [9.17, 15) is 14.3 Å². The molecule has 0 aliphatic carbocycles. The van der Waals surface area contributed by atoms with Gasteiger partial charge in [0.25, 0.3) is 0 Å². The van der Waals surface area contributed by atoms with E-state index in [4.69, 9.17) is 9.47 Å². The lowest BCUT2D eigenvalue weighted by molar-refractivity contribution is -0.135. The maximum absolute atomic E-state index is 15.0. The Kier molecular flexibility index (Phi) is 11.8. The number of carbonyl (C=O) groups is 1. The summed E-state index contributed by atoms with van der Waals surface area (Å²) in [5, 5.41) is 13.9. The van der Waals surface area contributed by atoms with Gasteiger partial charge in [-0.3, -0.25) is 4.79 Å². The maximum Gasteiger partial charge on any atom is 0.227 e. The molecule has 0 bridgehead atoms. The number of piperidine rings is 1. The van der Waals surface area contributed by atoms with Gasteiger partial charge in [-0.15, -0.1) is 12.4 Å². The van der Waals surface area contributed by atoms with Crippen LogP contribution in [-0.2, 0) is 21.6 Å². The van der Waals surface area contributed by atoms with Crippen molar-refractivity contribution >= 4 is 18.3 Å². The molecule has 2 aromatic rings. The van der Waals surface area contributed by atoms with Crippen LogP contribution < -0.4 is 10.1 Å². The van der Waals surface area contributed by atoms with Crippen LogP contribution in [-0.4, -0.2) is 61.4 Å². The van der Waals surface area contributed by atoms with Crippen molar-refractivity contribution in [1.29, 1.82) is 0 Å². The van der Waals surface area contributed by atoms with E-state index in [0.29, 0.717) is 42.1 Å². The molecule has 6 nitrogen and oxygen atoms in total. The Hall–Kier alpha value is -2.19. The highest BCUT2D eigenvalue weighted by molar-refractivity contribution is 5.85. The maximum atomic E-state index is 15.0. The van der Waals surface area contributed by atoms with Crippen molar-refractivity contribution in [1.82, 2.24) is 10.2 Å². The smallest absolute Gasteiger partial charge is 0.227 e. The molecule has 1 aliphatic heterocycles. The molecule has 1 saturated heterocycles. The van der Waals surface area contributed by atoms with Gasteiger partial charge in [0.1, 0.15) is 11.6 Å². The molecule has 2 N–H and O–H groups in total. The van der Waals surface area contributed by atoms with E-state index in [1.807, 2.05) is 23.1 Å². The molecule has 0 saturated carbocycles. The summed E-state index contributed by atoms with van der Waals surface area (Å²) in [6.07, 6.45) is 2.99. The van der Waals surface area contributed by atoms with E-state index in [1.165, 1.54) is 6.07 Å². The highest BCUT2D eigenvalue weighted by Gasteiger charge is 2.28. The second kappa shape index (κ2) is 14.1. The van der Waals surface area contributed by atoms with Gasteiger partial charge in [-0.25, -0.2) is 4.39 Å². The van der Waals surface area contributed by atoms with Crippen LogP contribution in [0.2, 0.25) is 0 Å². The first kappa shape index (κ1) is 31.0. The molecular weight excluding hydrogens is 495 g/mol. The fourth-order valence-corrected chi connectivity index (χ4v) is 4.77. The Bertz CT molecular complexity index is 1020. The van der Waals surface area contributed by atoms with Crippen LogP contribution >= 0.6 is 12.4 Å². The monoisotopic (exact) mass is 536 g/mol. The third kappa shape index (κ3) is 8.40. The number of halogens is 2. The van der Waals surface area contributed by atoms with Gasteiger partial charge < -0.3 is 24.8 Å². The number of aliphatic hydroxyl groups is 1. The van der Waals surface area contributed by atoms with Gasteiger partial charge in [0, 0.05) is 49.9 Å². The number of rotatable bonds is 11. The normalized spacial score (nSPS) is 15.8. The molecule has 0 spiro atoms. The Morgan fingerprint density at radius 2 is 1.95 bits per heavy atom. The lowest BCUT2D eigenvalue weighted by Crippen LogP contribution is -2.52. The van der Waals surface area contributed by atoms with Gasteiger partial charge in [0.15, 0.2) is 0 Å². The summed E-state index contributed by atoms with van der Waals surface area (Å²) in [6.45, 7) is 10.2. The Labute approximate surface area is 226 Å². The molecule has 8 heteroatoms. The Morgan fingerprint density at radius 3 is 2.57 bits per heavy atom. The molecule has 2 aromatic carbocycles. The highest BCUT2D eigenvalue weighted by Crippen LogP contribution is 2.36. The predicted octanol–water partition coefficient (Wildman–Crippen LogP) is 5.09. The van der Waals surface area contributed by atoms with Crippen LogP contribution in [0.25, 0.3) is 11.1 Å². The molecule has 1 atom stereocenters. The van der Waals surface area contributed by atoms with Crippen LogP contribution in [0.4, 0.5) is 4.39 Å². The quantitative estimate of drug-likeness (QED) is 0.391. The van der Waals surface area contributed by atoms with E-state index >= 15 is 0 Å². The summed E-state index contributed by atoms with van der Waals surface area (Å²) in [5.74, 6) is 0.190. The molecule has 0 aromatic heterocycles. The van der Waals surface area contributed by atoms with E-state index in [0.717, 1.165) is 31.5 Å². The first-order chi connectivity index (χ1) is 17.1. The lowest BCUT2D eigenvalue weighted by atomic mass is 9.93. The number of benzene rings is 2. The predicted molar refractivity (Wildman–Crippen MR) is 148 cm³/mol. The number of amides is 1. The van der Waals surface area contributed by atoms with Gasteiger partial charge in [-0.05, 0) is 76.4 Å². The van der Waals surface area contributed by atoms with Crippen LogP contribution in [0.5, 0.6) is 5.75 Å². The van der Waals surface area contributed by atoms with Crippen LogP contribution in [0.15, 0.2) is 36.4 Å². The molecule has 3 rings (SSSR count). The van der Waals surface area contributed by atoms with E-state index in [-0.39, 0.29) is 36.8 Å². The highest BCUT2D eigenvalue weighted by atomic mass is 35.5. The molecular formula is C29H42ClFN2O4. The Balaban J connectivity index is 0.00000481. The van der Waals surface area contributed by atoms with Crippen molar-refractivity contribution in [2.75, 3.05) is 33.4 Å². The van der Waals surface area contributed by atoms with Gasteiger partial charge >= 0.3 is 0 Å². The standard InChI is InChI=1S/C29H41FN2O4.ClH/c1-20(2)32(23-8-6-13-31-19-23)28(33)17-21-9-11-24(27(16-21)36-15-7-14-35-5)25-18-22(29(3,4)34)10-12-26(25)30;/h9-12,16,18,20,23,31,34H,6-8,13-15,17,19H2,1-5H3;1H/t23-;/m1./s1. The molecule has 1 fully saturated rings. The summed E-state index contributed by atoms with van der Waals surface area (Å²) in [4.78, 5) is 15.4. The van der Waals surface area contributed by atoms with Gasteiger partial charge in [-0.2, -0.15) is 0 Å². The molecule has 1 amide bonds. The van der Waals surface area contributed by atoms with Crippen molar-refractivity contribution in [2.45, 2.75) is 71.1 Å². The van der Waals surface area contributed by atoms with Crippen LogP contribution in [0, 0.1) is 5.82 Å². The molecule has 206 valence electrons. The molecule has 0 unspecified atom stereocenters. The third-order valence-corrected chi connectivity index (χ3v) is 6.62. The second-order valence-electron chi connectivity index (χ2n) is 10.4. The first-order valence-electron chi connectivity index (χ1n) is 12.9. The number of hydrogen-bond acceptors (Lipinski definition) is 5. The summed E-state index contributed by atoms with van der Waals surface area (Å²) in [6, 6.07) is 10.4. The lowest BCUT2D eigenvalue weighted by Gasteiger charge is -2.37. The van der Waals surface area contributed by atoms with E-state index in [2.05, 4.69) is 19.2 Å². The Morgan fingerprint density at radius 1 is 1.19 bits per heavy atom. The minimum Gasteiger partial charge on any atom is -0.493 e. The van der Waals surface area contributed by atoms with Gasteiger partial charge in [0.2, 0.25) is 5.91 Å². The number of ether oxygens (including phenoxy) is 2. The van der Waals surface area contributed by atoms with Crippen molar-refractivity contribution in [2.24, 2.45) is 0 Å². The zero-order valence-electron chi connectivity index (χ0n) is 22.7. The zero-order valence-corrected chi connectivity index (χ0v) is 23.5. The van der Waals surface area contributed by atoms with Crippen molar-refractivity contribution in [3.8, 4) is 16.9 Å². The SMILES string of the molecule is COCCCOc1cc(CC(=O)N(C(C)C)[C@@H]2CCCNC2)ccc1-c1cc(C(C)(C)O)ccc1F.Cl. The van der Waals surface area contributed by atoms with Crippen LogP contribution in [0.1, 0.15) is 58.1 Å². The van der Waals surface area contributed by atoms with Crippen molar-refractivity contribution in [3.63, 3.8) is 0 Å². The number of nitrogens with one attached hydrogen (secondary N) is 1. The molecule has 0 radical (unpaired) electrons. The number of nitrogens with zero attached hydrogens (tertiary/aromatic N) is 1. The summed E-state index contributed by atoms with van der Waals surface area (Å²) in [7, 11) is 1.64. The molecule has 37 heavy (non-hydrogen) atoms. The average Bonchev–Trinajstić information content (AvgIpc) is 2.82. The van der Waals surface area contributed by atoms with Gasteiger partial charge in [0.05, 0.1) is 18.6 Å².